The molecule has 0 heterocycles. The highest BCUT2D eigenvalue weighted by Gasteiger charge is 2.22. The minimum absolute atomic E-state index is 0.135. The van der Waals surface area contributed by atoms with Crippen molar-refractivity contribution < 1.29 is 24.2 Å². The van der Waals surface area contributed by atoms with Gasteiger partial charge in [0, 0.05) is 6.07 Å². The number of amides is 1. The molecule has 6 heteroatoms. The van der Waals surface area contributed by atoms with Crippen LogP contribution in [0.25, 0.3) is 0 Å². The molecule has 6 nitrogen and oxygen atoms in total. The number of carbonyl (C=O) groups is 2. The van der Waals surface area contributed by atoms with Crippen LogP contribution < -0.4 is 14.8 Å². The summed E-state index contributed by atoms with van der Waals surface area (Å²) in [7, 11) is 1.52. The summed E-state index contributed by atoms with van der Waals surface area (Å²) in [5.41, 5.74) is 0.268. The van der Waals surface area contributed by atoms with Gasteiger partial charge in [0.2, 0.25) is 0 Å². The number of hydrogen-bond donors (Lipinski definition) is 2. The Morgan fingerprint density at radius 2 is 2.09 bits per heavy atom. The van der Waals surface area contributed by atoms with Gasteiger partial charge in [-0.2, -0.15) is 0 Å². The summed E-state index contributed by atoms with van der Waals surface area (Å²) >= 11 is 0. The number of hydrogen-bond acceptors (Lipinski definition) is 4. The molecule has 0 aliphatic heterocycles. The average molecular weight is 321 g/mol. The van der Waals surface area contributed by atoms with E-state index in [9.17, 15) is 14.7 Å². The van der Waals surface area contributed by atoms with E-state index in [2.05, 4.69) is 11.9 Å². The van der Waals surface area contributed by atoms with E-state index < -0.39 is 17.9 Å². The quantitative estimate of drug-likeness (QED) is 0.683. The maximum absolute atomic E-state index is 12.4. The number of ether oxygens (including phenoxy) is 2. The molecular weight excluding hydrogens is 298 g/mol. The van der Waals surface area contributed by atoms with Gasteiger partial charge in [0.25, 0.3) is 5.91 Å². The summed E-state index contributed by atoms with van der Waals surface area (Å²) in [4.78, 5) is 23.6. The van der Waals surface area contributed by atoms with Gasteiger partial charge in [-0.25, -0.2) is 4.79 Å². The number of carboxylic acids is 1. The normalized spacial score (nSPS) is 11.7. The number of methoxy groups -OCH3 is 1. The zero-order valence-electron chi connectivity index (χ0n) is 13.7. The smallest absolute Gasteiger partial charge is 0.326 e. The first kappa shape index (κ1) is 18.5. The van der Waals surface area contributed by atoms with E-state index in [1.807, 2.05) is 13.8 Å². The molecule has 0 spiro atoms. The first-order valence-electron chi connectivity index (χ1n) is 7.38. The Balaban J connectivity index is 3.00. The largest absolute Gasteiger partial charge is 0.497 e. The lowest BCUT2D eigenvalue weighted by molar-refractivity contribution is -0.139. The SMILES string of the molecule is C=CCCC(NC(=O)c1ccc(OC)cc1OC(C)C)C(=O)O. The minimum atomic E-state index is -1.08. The van der Waals surface area contributed by atoms with E-state index in [1.165, 1.54) is 7.11 Å². The number of carbonyl (C=O) groups excluding carboxylic acids is 1. The molecular formula is C17H23NO5. The summed E-state index contributed by atoms with van der Waals surface area (Å²) in [5.74, 6) is -0.678. The molecule has 1 amide bonds. The molecule has 1 rings (SSSR count). The molecule has 0 radical (unpaired) electrons. The molecule has 0 bridgehead atoms. The lowest BCUT2D eigenvalue weighted by Gasteiger charge is -2.17. The molecule has 0 saturated heterocycles. The van der Waals surface area contributed by atoms with Gasteiger partial charge in [0.1, 0.15) is 17.5 Å². The number of allylic oxidation sites excluding steroid dienone is 1. The van der Waals surface area contributed by atoms with Gasteiger partial charge in [0.05, 0.1) is 18.8 Å². The molecule has 1 unspecified atom stereocenters. The maximum Gasteiger partial charge on any atom is 0.326 e. The maximum atomic E-state index is 12.4. The van der Waals surface area contributed by atoms with Crippen LogP contribution in [0.1, 0.15) is 37.0 Å². The molecule has 23 heavy (non-hydrogen) atoms. The monoisotopic (exact) mass is 321 g/mol. The Bertz CT molecular complexity index is 568. The Morgan fingerprint density at radius 3 is 2.61 bits per heavy atom. The zero-order valence-corrected chi connectivity index (χ0v) is 13.7. The van der Waals surface area contributed by atoms with E-state index >= 15 is 0 Å². The van der Waals surface area contributed by atoms with E-state index in [0.717, 1.165) is 0 Å². The van der Waals surface area contributed by atoms with Gasteiger partial charge in [-0.05, 0) is 38.8 Å². The second kappa shape index (κ2) is 8.82. The Labute approximate surface area is 136 Å². The third-order valence-electron chi connectivity index (χ3n) is 3.06. The minimum Gasteiger partial charge on any atom is -0.497 e. The van der Waals surface area contributed by atoms with Crippen molar-refractivity contribution >= 4 is 11.9 Å². The van der Waals surface area contributed by atoms with Crippen molar-refractivity contribution in [2.24, 2.45) is 0 Å². The van der Waals surface area contributed by atoms with Crippen molar-refractivity contribution in [1.82, 2.24) is 5.32 Å². The molecule has 0 aliphatic carbocycles. The van der Waals surface area contributed by atoms with E-state index in [0.29, 0.717) is 17.9 Å². The van der Waals surface area contributed by atoms with Crippen LogP contribution in [0, 0.1) is 0 Å². The number of benzene rings is 1. The number of rotatable bonds is 9. The molecule has 1 atom stereocenters. The number of aliphatic carboxylic acids is 1. The molecule has 0 saturated carbocycles. The summed E-state index contributed by atoms with van der Waals surface area (Å²) < 4.78 is 10.8. The highest BCUT2D eigenvalue weighted by atomic mass is 16.5. The molecule has 0 aromatic heterocycles. The first-order chi connectivity index (χ1) is 10.9. The van der Waals surface area contributed by atoms with Crippen LogP contribution in [0.4, 0.5) is 0 Å². The van der Waals surface area contributed by atoms with Crippen LogP contribution in [0.15, 0.2) is 30.9 Å². The Hall–Kier alpha value is -2.50. The zero-order chi connectivity index (χ0) is 17.4. The summed E-state index contributed by atoms with van der Waals surface area (Å²) in [5, 5.41) is 11.7. The molecule has 126 valence electrons. The fraction of sp³-hybridized carbons (Fsp3) is 0.412. The second-order valence-corrected chi connectivity index (χ2v) is 5.26. The van der Waals surface area contributed by atoms with Gasteiger partial charge in [-0.1, -0.05) is 6.08 Å². The summed E-state index contributed by atoms with van der Waals surface area (Å²) in [6, 6.07) is 3.81. The van der Waals surface area contributed by atoms with Crippen LogP contribution in [0.5, 0.6) is 11.5 Å². The van der Waals surface area contributed by atoms with E-state index in [4.69, 9.17) is 9.47 Å². The van der Waals surface area contributed by atoms with E-state index in [-0.39, 0.29) is 18.1 Å². The third kappa shape index (κ3) is 5.65. The van der Waals surface area contributed by atoms with Gasteiger partial charge in [0.15, 0.2) is 0 Å². The van der Waals surface area contributed by atoms with Crippen molar-refractivity contribution in [2.75, 3.05) is 7.11 Å². The predicted octanol–water partition coefficient (Wildman–Crippen LogP) is 2.63. The van der Waals surface area contributed by atoms with Crippen molar-refractivity contribution in [1.29, 1.82) is 0 Å². The first-order valence-corrected chi connectivity index (χ1v) is 7.38. The topological polar surface area (TPSA) is 84.9 Å². The summed E-state index contributed by atoms with van der Waals surface area (Å²) in [6.07, 6.45) is 2.25. The van der Waals surface area contributed by atoms with Crippen LogP contribution in [0.3, 0.4) is 0 Å². The standard InChI is InChI=1S/C17H23NO5/c1-5-6-7-14(17(20)21)18-16(19)13-9-8-12(22-4)10-15(13)23-11(2)3/h5,8-11,14H,1,6-7H2,2-4H3,(H,18,19)(H,20,21). The van der Waals surface area contributed by atoms with Crippen LogP contribution >= 0.6 is 0 Å². The fourth-order valence-corrected chi connectivity index (χ4v) is 1.95. The van der Waals surface area contributed by atoms with Gasteiger partial charge < -0.3 is 19.9 Å². The third-order valence-corrected chi connectivity index (χ3v) is 3.06. The van der Waals surface area contributed by atoms with Crippen LogP contribution in [-0.2, 0) is 4.79 Å². The Morgan fingerprint density at radius 1 is 1.39 bits per heavy atom. The average Bonchev–Trinajstić information content (AvgIpc) is 2.50. The van der Waals surface area contributed by atoms with Crippen molar-refractivity contribution in [2.45, 2.75) is 38.8 Å². The fourth-order valence-electron chi connectivity index (χ4n) is 1.95. The molecule has 0 aliphatic rings. The van der Waals surface area contributed by atoms with Gasteiger partial charge in [-0.15, -0.1) is 6.58 Å². The van der Waals surface area contributed by atoms with Gasteiger partial charge >= 0.3 is 5.97 Å². The predicted molar refractivity (Wildman–Crippen MR) is 87.1 cm³/mol. The molecule has 2 N–H and O–H groups in total. The van der Waals surface area contributed by atoms with Crippen molar-refractivity contribution in [3.63, 3.8) is 0 Å². The highest BCUT2D eigenvalue weighted by Crippen LogP contribution is 2.26. The number of carboxylic acid groups (broad SMARTS) is 1. The lowest BCUT2D eigenvalue weighted by atomic mass is 10.1. The van der Waals surface area contributed by atoms with Crippen LogP contribution in [-0.4, -0.2) is 36.2 Å². The van der Waals surface area contributed by atoms with E-state index in [1.54, 1.807) is 24.3 Å². The summed E-state index contributed by atoms with van der Waals surface area (Å²) in [6.45, 7) is 7.23. The molecule has 1 aromatic rings. The van der Waals surface area contributed by atoms with Crippen LogP contribution in [0.2, 0.25) is 0 Å². The molecule has 1 aromatic carbocycles. The molecule has 0 fully saturated rings. The van der Waals surface area contributed by atoms with Gasteiger partial charge in [-0.3, -0.25) is 4.79 Å². The lowest BCUT2D eigenvalue weighted by Crippen LogP contribution is -2.40. The van der Waals surface area contributed by atoms with Crippen molar-refractivity contribution in [3.05, 3.63) is 36.4 Å². The number of nitrogens with one attached hydrogen (secondary N) is 1. The van der Waals surface area contributed by atoms with Crippen molar-refractivity contribution in [3.8, 4) is 11.5 Å². The highest BCUT2D eigenvalue weighted by molar-refractivity contribution is 5.99. The Kier molecular flexibility index (Phi) is 7.12. The second-order valence-electron chi connectivity index (χ2n) is 5.26.